The van der Waals surface area contributed by atoms with Crippen molar-refractivity contribution in [1.29, 1.82) is 0 Å². The van der Waals surface area contributed by atoms with Crippen molar-refractivity contribution in [3.8, 4) is 0 Å². The van der Waals surface area contributed by atoms with Crippen molar-refractivity contribution in [2.75, 3.05) is 17.2 Å². The predicted octanol–water partition coefficient (Wildman–Crippen LogP) is 1.88. The minimum atomic E-state index is -0.794. The van der Waals surface area contributed by atoms with Gasteiger partial charge in [0.05, 0.1) is 6.10 Å². The molecule has 4 N–H and O–H groups in total. The van der Waals surface area contributed by atoms with Gasteiger partial charge in [-0.3, -0.25) is 14.4 Å². The number of benzene rings is 1. The van der Waals surface area contributed by atoms with E-state index in [4.69, 9.17) is 0 Å². The zero-order valence-electron chi connectivity index (χ0n) is 13.6. The fourth-order valence-corrected chi connectivity index (χ4v) is 2.77. The molecule has 25 heavy (non-hydrogen) atoms. The summed E-state index contributed by atoms with van der Waals surface area (Å²) in [4.78, 5) is 34.5. The molecular formula is C17H19N3O4S. The summed E-state index contributed by atoms with van der Waals surface area (Å²) in [6.45, 7) is 1.58. The highest BCUT2D eigenvalue weighted by atomic mass is 32.1. The van der Waals surface area contributed by atoms with Crippen molar-refractivity contribution >= 4 is 40.4 Å². The molecule has 3 amide bonds. The molecule has 132 valence electrons. The number of rotatable bonds is 6. The fourth-order valence-electron chi connectivity index (χ4n) is 2.06. The molecule has 1 heterocycles. The third-order valence-electron chi connectivity index (χ3n) is 3.30. The van der Waals surface area contributed by atoms with Gasteiger partial charge in [0.1, 0.15) is 0 Å². The molecule has 0 aliphatic rings. The summed E-state index contributed by atoms with van der Waals surface area (Å²) in [5.41, 5.74) is 1.83. The maximum atomic E-state index is 11.8. The quantitative estimate of drug-likeness (QED) is 0.589. The molecule has 0 radical (unpaired) electrons. The number of carbonyl (C=O) groups excluding carboxylic acids is 3. The van der Waals surface area contributed by atoms with E-state index < -0.39 is 17.9 Å². The van der Waals surface area contributed by atoms with E-state index in [-0.39, 0.29) is 12.5 Å². The lowest BCUT2D eigenvalue weighted by atomic mass is 10.1. The lowest BCUT2D eigenvalue weighted by Gasteiger charge is -2.10. The maximum Gasteiger partial charge on any atom is 0.313 e. The Kier molecular flexibility index (Phi) is 6.67. The van der Waals surface area contributed by atoms with Crippen LogP contribution in [-0.4, -0.2) is 29.4 Å². The number of amides is 3. The first-order valence-electron chi connectivity index (χ1n) is 7.62. The summed E-state index contributed by atoms with van der Waals surface area (Å²) in [5, 5.41) is 21.1. The van der Waals surface area contributed by atoms with E-state index in [1.807, 2.05) is 16.8 Å². The Morgan fingerprint density at radius 2 is 1.68 bits per heavy atom. The Labute approximate surface area is 149 Å². The van der Waals surface area contributed by atoms with E-state index in [2.05, 4.69) is 16.0 Å². The zero-order valence-corrected chi connectivity index (χ0v) is 14.4. The van der Waals surface area contributed by atoms with Gasteiger partial charge < -0.3 is 21.1 Å². The summed E-state index contributed by atoms with van der Waals surface area (Å²) in [6.07, 6.45) is -0.350. The summed E-state index contributed by atoms with van der Waals surface area (Å²) < 4.78 is 0. The van der Waals surface area contributed by atoms with E-state index >= 15 is 0 Å². The normalized spacial score (nSPS) is 11.4. The molecule has 0 saturated heterocycles. The SMILES string of the molecule is CC(=O)Nc1ccc(NC(=O)C(=O)NCCC(O)c2ccsc2)cc1. The van der Waals surface area contributed by atoms with Crippen LogP contribution >= 0.6 is 11.3 Å². The van der Waals surface area contributed by atoms with Crippen LogP contribution in [0.5, 0.6) is 0 Å². The first kappa shape index (κ1) is 18.6. The lowest BCUT2D eigenvalue weighted by molar-refractivity contribution is -0.136. The number of carbonyl (C=O) groups is 3. The van der Waals surface area contributed by atoms with Gasteiger partial charge >= 0.3 is 11.8 Å². The van der Waals surface area contributed by atoms with Crippen molar-refractivity contribution in [3.63, 3.8) is 0 Å². The Balaban J connectivity index is 1.76. The number of thiophene rings is 1. The number of aliphatic hydroxyl groups is 1. The second-order valence-corrected chi connectivity index (χ2v) is 6.11. The fraction of sp³-hybridized carbons (Fsp3) is 0.235. The molecule has 1 aromatic carbocycles. The average Bonchev–Trinajstić information content (AvgIpc) is 3.10. The molecule has 0 spiro atoms. The van der Waals surface area contributed by atoms with Crippen LogP contribution in [0.2, 0.25) is 0 Å². The molecular weight excluding hydrogens is 342 g/mol. The topological polar surface area (TPSA) is 108 Å². The second-order valence-electron chi connectivity index (χ2n) is 5.33. The molecule has 0 saturated carbocycles. The van der Waals surface area contributed by atoms with Gasteiger partial charge in [-0.25, -0.2) is 0 Å². The van der Waals surface area contributed by atoms with Crippen LogP contribution in [-0.2, 0) is 14.4 Å². The van der Waals surface area contributed by atoms with Gasteiger partial charge in [-0.1, -0.05) is 0 Å². The molecule has 0 aliphatic carbocycles. The molecule has 1 atom stereocenters. The number of aliphatic hydroxyl groups excluding tert-OH is 1. The number of hydrogen-bond donors (Lipinski definition) is 4. The van der Waals surface area contributed by atoms with Gasteiger partial charge in [0.2, 0.25) is 5.91 Å². The summed E-state index contributed by atoms with van der Waals surface area (Å²) in [7, 11) is 0. The Morgan fingerprint density at radius 1 is 1.04 bits per heavy atom. The summed E-state index contributed by atoms with van der Waals surface area (Å²) in [6, 6.07) is 8.21. The molecule has 2 rings (SSSR count). The van der Waals surface area contributed by atoms with E-state index in [1.54, 1.807) is 24.3 Å². The highest BCUT2D eigenvalue weighted by molar-refractivity contribution is 7.07. The van der Waals surface area contributed by atoms with Crippen LogP contribution in [0.4, 0.5) is 11.4 Å². The van der Waals surface area contributed by atoms with Crippen molar-refractivity contribution < 1.29 is 19.5 Å². The molecule has 7 nitrogen and oxygen atoms in total. The van der Waals surface area contributed by atoms with Gasteiger partial charge in [0.15, 0.2) is 0 Å². The van der Waals surface area contributed by atoms with Crippen LogP contribution < -0.4 is 16.0 Å². The Hall–Kier alpha value is -2.71. The van der Waals surface area contributed by atoms with Crippen LogP contribution in [0.1, 0.15) is 25.0 Å². The van der Waals surface area contributed by atoms with E-state index in [0.717, 1.165) is 5.56 Å². The molecule has 1 aromatic heterocycles. The minimum Gasteiger partial charge on any atom is -0.388 e. The zero-order chi connectivity index (χ0) is 18.2. The van der Waals surface area contributed by atoms with Crippen molar-refractivity contribution in [1.82, 2.24) is 5.32 Å². The molecule has 0 bridgehead atoms. The molecule has 0 aliphatic heterocycles. The van der Waals surface area contributed by atoms with Gasteiger partial charge in [0.25, 0.3) is 0 Å². The Bertz CT molecular complexity index is 729. The smallest absolute Gasteiger partial charge is 0.313 e. The van der Waals surface area contributed by atoms with Gasteiger partial charge in [-0.2, -0.15) is 11.3 Å². The van der Waals surface area contributed by atoms with Crippen LogP contribution in [0.3, 0.4) is 0 Å². The maximum absolute atomic E-state index is 11.8. The van der Waals surface area contributed by atoms with Crippen LogP contribution in [0, 0.1) is 0 Å². The largest absolute Gasteiger partial charge is 0.388 e. The average molecular weight is 361 g/mol. The summed E-state index contributed by atoms with van der Waals surface area (Å²) in [5.74, 6) is -1.76. The van der Waals surface area contributed by atoms with Crippen molar-refractivity contribution in [3.05, 3.63) is 46.7 Å². The van der Waals surface area contributed by atoms with Crippen LogP contribution in [0.25, 0.3) is 0 Å². The van der Waals surface area contributed by atoms with Crippen LogP contribution in [0.15, 0.2) is 41.1 Å². The standard InChI is InChI=1S/C17H19N3O4S/c1-11(21)19-13-2-4-14(5-3-13)20-17(24)16(23)18-8-6-15(22)12-7-9-25-10-12/h2-5,7,9-10,15,22H,6,8H2,1H3,(H,18,23)(H,19,21)(H,20,24). The molecule has 0 fully saturated rings. The lowest BCUT2D eigenvalue weighted by Crippen LogP contribution is -2.36. The first-order valence-corrected chi connectivity index (χ1v) is 8.57. The number of hydrogen-bond acceptors (Lipinski definition) is 5. The van der Waals surface area contributed by atoms with Gasteiger partial charge in [-0.15, -0.1) is 0 Å². The summed E-state index contributed by atoms with van der Waals surface area (Å²) >= 11 is 1.48. The van der Waals surface area contributed by atoms with Crippen molar-refractivity contribution in [2.24, 2.45) is 0 Å². The monoisotopic (exact) mass is 361 g/mol. The van der Waals surface area contributed by atoms with Gasteiger partial charge in [0, 0.05) is 24.8 Å². The first-order chi connectivity index (χ1) is 12.0. The van der Waals surface area contributed by atoms with Gasteiger partial charge in [-0.05, 0) is 53.1 Å². The molecule has 8 heteroatoms. The predicted molar refractivity (Wildman–Crippen MR) is 96.3 cm³/mol. The third-order valence-corrected chi connectivity index (χ3v) is 4.00. The van der Waals surface area contributed by atoms with Crippen molar-refractivity contribution in [2.45, 2.75) is 19.4 Å². The molecule has 2 aromatic rings. The van der Waals surface area contributed by atoms with E-state index in [9.17, 15) is 19.5 Å². The Morgan fingerprint density at radius 3 is 2.24 bits per heavy atom. The van der Waals surface area contributed by atoms with E-state index in [1.165, 1.54) is 18.3 Å². The number of anilines is 2. The highest BCUT2D eigenvalue weighted by Crippen LogP contribution is 2.18. The second kappa shape index (κ2) is 8.95. The highest BCUT2D eigenvalue weighted by Gasteiger charge is 2.14. The minimum absolute atomic E-state index is 0.185. The third kappa shape index (κ3) is 6.02. The molecule has 1 unspecified atom stereocenters. The number of nitrogens with one attached hydrogen (secondary N) is 3. The van der Waals surface area contributed by atoms with E-state index in [0.29, 0.717) is 17.8 Å².